The maximum atomic E-state index is 12.7. The lowest BCUT2D eigenvalue weighted by atomic mass is 9.99. The summed E-state index contributed by atoms with van der Waals surface area (Å²) in [6.07, 6.45) is 3.59. The molecule has 1 aromatic carbocycles. The lowest BCUT2D eigenvalue weighted by molar-refractivity contribution is -0.147. The first kappa shape index (κ1) is 15.2. The molecule has 1 fully saturated rings. The Hall–Kier alpha value is -2.21. The van der Waals surface area contributed by atoms with Crippen molar-refractivity contribution in [2.24, 2.45) is 0 Å². The van der Waals surface area contributed by atoms with Gasteiger partial charge in [-0.2, -0.15) is 0 Å². The number of hydrogen-bond donors (Lipinski definition) is 2. The molecule has 0 aromatic heterocycles. The van der Waals surface area contributed by atoms with Gasteiger partial charge >= 0.3 is 5.97 Å². The first-order valence-corrected chi connectivity index (χ1v) is 6.56. The van der Waals surface area contributed by atoms with Crippen molar-refractivity contribution >= 4 is 18.0 Å². The topological polar surface area (TPSA) is 75.6 Å². The van der Waals surface area contributed by atoms with Crippen LogP contribution in [0.25, 0.3) is 6.08 Å². The van der Waals surface area contributed by atoms with E-state index in [0.717, 1.165) is 5.56 Å². The van der Waals surface area contributed by atoms with E-state index in [9.17, 15) is 19.1 Å². The van der Waals surface area contributed by atoms with Gasteiger partial charge in [-0.1, -0.05) is 24.3 Å². The smallest absolute Gasteiger partial charge is 0.331 e. The normalized spacial score (nSPS) is 21.6. The van der Waals surface area contributed by atoms with Gasteiger partial charge < -0.3 is 15.2 Å². The molecule has 0 bridgehead atoms. The number of carboxylic acid groups (broad SMARTS) is 1. The highest BCUT2D eigenvalue weighted by Crippen LogP contribution is 2.19. The molecule has 112 valence electrons. The molecule has 1 aromatic rings. The molecule has 0 radical (unpaired) electrons. The van der Waals surface area contributed by atoms with Gasteiger partial charge in [0.25, 0.3) is 0 Å². The number of rotatable bonds is 5. The zero-order valence-electron chi connectivity index (χ0n) is 11.3. The molecule has 1 atom stereocenters. The number of halogens is 1. The fourth-order valence-electron chi connectivity index (χ4n) is 2.08. The summed E-state index contributed by atoms with van der Waals surface area (Å²) in [6, 6.07) is 5.84. The van der Waals surface area contributed by atoms with Gasteiger partial charge in [-0.25, -0.2) is 9.18 Å². The third kappa shape index (κ3) is 3.88. The third-order valence-corrected chi connectivity index (χ3v) is 3.29. The first-order valence-electron chi connectivity index (χ1n) is 6.56. The van der Waals surface area contributed by atoms with Crippen molar-refractivity contribution in [2.75, 3.05) is 13.2 Å². The molecular weight excluding hydrogens is 277 g/mol. The van der Waals surface area contributed by atoms with E-state index < -0.39 is 11.5 Å². The average Bonchev–Trinajstić information content (AvgIpc) is 2.91. The molecule has 6 heteroatoms. The van der Waals surface area contributed by atoms with E-state index in [4.69, 9.17) is 4.74 Å². The summed E-state index contributed by atoms with van der Waals surface area (Å²) in [7, 11) is 0. The van der Waals surface area contributed by atoms with Crippen molar-refractivity contribution in [1.82, 2.24) is 5.32 Å². The zero-order chi connectivity index (χ0) is 15.3. The highest BCUT2D eigenvalue weighted by Gasteiger charge is 2.43. The maximum Gasteiger partial charge on any atom is 0.331 e. The molecule has 5 nitrogen and oxygen atoms in total. The Kier molecular flexibility index (Phi) is 4.70. The Balaban J connectivity index is 1.89. The monoisotopic (exact) mass is 293 g/mol. The Morgan fingerprint density at radius 1 is 1.38 bits per heavy atom. The number of nitrogens with one attached hydrogen (secondary N) is 1. The molecule has 1 aliphatic rings. The van der Waals surface area contributed by atoms with Crippen LogP contribution < -0.4 is 5.32 Å². The largest absolute Gasteiger partial charge is 0.479 e. The zero-order valence-corrected chi connectivity index (χ0v) is 11.3. The van der Waals surface area contributed by atoms with Crippen LogP contribution >= 0.6 is 0 Å². The van der Waals surface area contributed by atoms with E-state index in [2.05, 4.69) is 5.32 Å². The SMILES string of the molecule is O=C(C/C=C/c1ccc(F)cc1)NC1(C(=O)O)CCOC1. The standard InChI is InChI=1S/C15H16FNO4/c16-12-6-4-11(5-7-12)2-1-3-13(18)17-15(14(19)20)8-9-21-10-15/h1-2,4-7H,3,8-10H2,(H,17,18)(H,19,20)/b2-1+. The minimum atomic E-state index is -1.32. The van der Waals surface area contributed by atoms with E-state index in [1.807, 2.05) is 0 Å². The van der Waals surface area contributed by atoms with E-state index in [-0.39, 0.29) is 31.2 Å². The minimum Gasteiger partial charge on any atom is -0.479 e. The Morgan fingerprint density at radius 2 is 2.10 bits per heavy atom. The van der Waals surface area contributed by atoms with Crippen molar-refractivity contribution in [3.05, 3.63) is 41.7 Å². The van der Waals surface area contributed by atoms with Crippen LogP contribution in [0.2, 0.25) is 0 Å². The van der Waals surface area contributed by atoms with Gasteiger partial charge in [-0.3, -0.25) is 4.79 Å². The quantitative estimate of drug-likeness (QED) is 0.864. The van der Waals surface area contributed by atoms with Crippen LogP contribution in [-0.4, -0.2) is 35.7 Å². The molecule has 1 amide bonds. The Labute approximate surface area is 121 Å². The molecule has 0 saturated carbocycles. The van der Waals surface area contributed by atoms with Crippen LogP contribution in [0.4, 0.5) is 4.39 Å². The second kappa shape index (κ2) is 6.49. The highest BCUT2D eigenvalue weighted by atomic mass is 19.1. The molecule has 0 spiro atoms. The molecule has 0 aliphatic carbocycles. The van der Waals surface area contributed by atoms with Crippen LogP contribution in [0.5, 0.6) is 0 Å². The van der Waals surface area contributed by atoms with Gasteiger partial charge in [0.2, 0.25) is 5.91 Å². The maximum absolute atomic E-state index is 12.7. The van der Waals surface area contributed by atoms with Gasteiger partial charge in [0.05, 0.1) is 6.61 Å². The van der Waals surface area contributed by atoms with Crippen molar-refractivity contribution in [3.63, 3.8) is 0 Å². The summed E-state index contributed by atoms with van der Waals surface area (Å²) < 4.78 is 17.8. The predicted octanol–water partition coefficient (Wildman–Crippen LogP) is 1.59. The second-order valence-corrected chi connectivity index (χ2v) is 4.90. The van der Waals surface area contributed by atoms with Crippen molar-refractivity contribution in [1.29, 1.82) is 0 Å². The Morgan fingerprint density at radius 3 is 2.67 bits per heavy atom. The van der Waals surface area contributed by atoms with E-state index in [1.54, 1.807) is 24.3 Å². The molecule has 2 N–H and O–H groups in total. The van der Waals surface area contributed by atoms with Gasteiger partial charge in [0.1, 0.15) is 5.82 Å². The van der Waals surface area contributed by atoms with Gasteiger partial charge in [-0.05, 0) is 17.7 Å². The fourth-order valence-corrected chi connectivity index (χ4v) is 2.08. The number of benzene rings is 1. The summed E-state index contributed by atoms with van der Waals surface area (Å²) in [6.45, 7) is 0.299. The molecule has 21 heavy (non-hydrogen) atoms. The summed E-state index contributed by atoms with van der Waals surface area (Å²) in [5.74, 6) is -1.80. The summed E-state index contributed by atoms with van der Waals surface area (Å²) >= 11 is 0. The molecule has 1 aliphatic heterocycles. The Bertz CT molecular complexity index is 547. The molecule has 1 heterocycles. The number of carboxylic acids is 1. The van der Waals surface area contributed by atoms with E-state index in [1.165, 1.54) is 12.1 Å². The number of carbonyl (C=O) groups is 2. The lowest BCUT2D eigenvalue weighted by Gasteiger charge is -2.23. The third-order valence-electron chi connectivity index (χ3n) is 3.29. The fraction of sp³-hybridized carbons (Fsp3) is 0.333. The molecule has 1 saturated heterocycles. The first-order chi connectivity index (χ1) is 10.0. The lowest BCUT2D eigenvalue weighted by Crippen LogP contribution is -2.55. The van der Waals surface area contributed by atoms with Crippen molar-refractivity contribution in [3.8, 4) is 0 Å². The number of hydrogen-bond acceptors (Lipinski definition) is 3. The average molecular weight is 293 g/mol. The number of amides is 1. The summed E-state index contributed by atoms with van der Waals surface area (Å²) in [5, 5.41) is 11.7. The molecule has 1 unspecified atom stereocenters. The predicted molar refractivity (Wildman–Crippen MR) is 74.0 cm³/mol. The minimum absolute atomic E-state index is 0.0181. The number of ether oxygens (including phenoxy) is 1. The summed E-state index contributed by atoms with van der Waals surface area (Å²) in [5.41, 5.74) is -0.554. The van der Waals surface area contributed by atoms with Crippen molar-refractivity contribution in [2.45, 2.75) is 18.4 Å². The van der Waals surface area contributed by atoms with Crippen LogP contribution in [0.15, 0.2) is 30.3 Å². The second-order valence-electron chi connectivity index (χ2n) is 4.90. The van der Waals surface area contributed by atoms with Gasteiger partial charge in [0, 0.05) is 19.4 Å². The van der Waals surface area contributed by atoms with Crippen LogP contribution in [-0.2, 0) is 14.3 Å². The van der Waals surface area contributed by atoms with Gasteiger partial charge in [-0.15, -0.1) is 0 Å². The van der Waals surface area contributed by atoms with Crippen LogP contribution in [0.1, 0.15) is 18.4 Å². The highest BCUT2D eigenvalue weighted by molar-refractivity contribution is 5.88. The molecule has 2 rings (SSSR count). The van der Waals surface area contributed by atoms with E-state index in [0.29, 0.717) is 6.61 Å². The summed E-state index contributed by atoms with van der Waals surface area (Å²) in [4.78, 5) is 23.0. The van der Waals surface area contributed by atoms with Crippen molar-refractivity contribution < 1.29 is 23.8 Å². The van der Waals surface area contributed by atoms with Crippen LogP contribution in [0, 0.1) is 5.82 Å². The van der Waals surface area contributed by atoms with Crippen LogP contribution in [0.3, 0.4) is 0 Å². The number of aliphatic carboxylic acids is 1. The number of carbonyl (C=O) groups excluding carboxylic acids is 1. The molecular formula is C15H16FNO4. The van der Waals surface area contributed by atoms with E-state index >= 15 is 0 Å². The van der Waals surface area contributed by atoms with Gasteiger partial charge in [0.15, 0.2) is 5.54 Å².